The molecule has 6 heteroatoms. The topological polar surface area (TPSA) is 101 Å². The molecule has 0 aliphatic heterocycles. The molecule has 6 nitrogen and oxygen atoms in total. The largest absolute Gasteiger partial charge is 0.502 e. The molecule has 3 rings (SSSR count). The second-order valence-electron chi connectivity index (χ2n) is 6.41. The molecule has 0 aromatic heterocycles. The maximum atomic E-state index is 11.8. The van der Waals surface area contributed by atoms with Crippen LogP contribution in [0.2, 0.25) is 0 Å². The monoisotopic (exact) mass is 341 g/mol. The summed E-state index contributed by atoms with van der Waals surface area (Å²) in [4.78, 5) is 22.1. The number of carboxylic acids is 1. The molecule has 1 aliphatic rings. The Hall–Kier alpha value is -2.89. The van der Waals surface area contributed by atoms with E-state index in [9.17, 15) is 25.1 Å². The summed E-state index contributed by atoms with van der Waals surface area (Å²) in [7, 11) is 0. The van der Waals surface area contributed by atoms with E-state index in [1.165, 1.54) is 29.3 Å². The predicted molar refractivity (Wildman–Crippen MR) is 91.9 cm³/mol. The lowest BCUT2D eigenvalue weighted by Crippen LogP contribution is -2.16. The molecular weight excluding hydrogens is 322 g/mol. The highest BCUT2D eigenvalue weighted by Gasteiger charge is 2.24. The van der Waals surface area contributed by atoms with Gasteiger partial charge in [-0.15, -0.1) is 0 Å². The number of benzene rings is 2. The molecule has 1 atom stereocenters. The van der Waals surface area contributed by atoms with Gasteiger partial charge in [0, 0.05) is 6.07 Å². The minimum absolute atomic E-state index is 0.134. The highest BCUT2D eigenvalue weighted by molar-refractivity contribution is 5.76. The Morgan fingerprint density at radius 2 is 1.84 bits per heavy atom. The fraction of sp³-hybridized carbons (Fsp3) is 0.316. The van der Waals surface area contributed by atoms with E-state index in [4.69, 9.17) is 0 Å². The highest BCUT2D eigenvalue weighted by Crippen LogP contribution is 2.31. The minimum atomic E-state index is -0.966. The molecule has 0 saturated heterocycles. The van der Waals surface area contributed by atoms with Crippen LogP contribution in [0.4, 0.5) is 5.69 Å². The number of rotatable bonds is 5. The molecule has 0 amide bonds. The number of hydrogen-bond donors (Lipinski definition) is 2. The fourth-order valence-electron chi connectivity index (χ4n) is 3.40. The van der Waals surface area contributed by atoms with Crippen LogP contribution in [0.5, 0.6) is 5.75 Å². The second-order valence-corrected chi connectivity index (χ2v) is 6.41. The zero-order valence-electron chi connectivity index (χ0n) is 13.6. The van der Waals surface area contributed by atoms with Gasteiger partial charge in [-0.3, -0.25) is 14.9 Å². The number of carboxylic acid groups (broad SMARTS) is 1. The Morgan fingerprint density at radius 3 is 2.52 bits per heavy atom. The number of aliphatic carboxylic acids is 1. The smallest absolute Gasteiger partial charge is 0.311 e. The van der Waals surface area contributed by atoms with Gasteiger partial charge in [-0.05, 0) is 60.4 Å². The first kappa shape index (κ1) is 17.0. The Kier molecular flexibility index (Phi) is 4.70. The van der Waals surface area contributed by atoms with Crippen molar-refractivity contribution in [2.75, 3.05) is 0 Å². The van der Waals surface area contributed by atoms with Crippen molar-refractivity contribution in [1.29, 1.82) is 0 Å². The summed E-state index contributed by atoms with van der Waals surface area (Å²) in [5, 5.41) is 30.1. The van der Waals surface area contributed by atoms with Gasteiger partial charge in [0.05, 0.1) is 10.8 Å². The number of phenols is 1. The molecule has 1 unspecified atom stereocenters. The van der Waals surface area contributed by atoms with Crippen molar-refractivity contribution in [1.82, 2.24) is 0 Å². The van der Waals surface area contributed by atoms with Crippen LogP contribution in [0, 0.1) is 10.1 Å². The fourth-order valence-corrected chi connectivity index (χ4v) is 3.40. The number of nitrogens with zero attached hydrogens (tertiary/aromatic N) is 1. The SMILES string of the molecule is O=C(O)C(Cc1ccc(O)c([N+](=O)[O-])c1)c1ccc2c(c1)CCCC2. The van der Waals surface area contributed by atoms with E-state index in [0.717, 1.165) is 25.7 Å². The molecule has 2 aromatic carbocycles. The van der Waals surface area contributed by atoms with Gasteiger partial charge in [0.2, 0.25) is 0 Å². The van der Waals surface area contributed by atoms with E-state index >= 15 is 0 Å². The Labute approximate surface area is 144 Å². The third kappa shape index (κ3) is 3.63. The quantitative estimate of drug-likeness (QED) is 0.639. The van der Waals surface area contributed by atoms with Crippen LogP contribution in [0.25, 0.3) is 0 Å². The van der Waals surface area contributed by atoms with Crippen LogP contribution in [0.15, 0.2) is 36.4 Å². The lowest BCUT2D eigenvalue weighted by molar-refractivity contribution is -0.385. The third-order valence-corrected chi connectivity index (χ3v) is 4.75. The lowest BCUT2D eigenvalue weighted by atomic mass is 9.85. The average Bonchev–Trinajstić information content (AvgIpc) is 2.60. The summed E-state index contributed by atoms with van der Waals surface area (Å²) in [6.45, 7) is 0. The molecule has 1 aliphatic carbocycles. The van der Waals surface area contributed by atoms with Crippen LogP contribution in [0.3, 0.4) is 0 Å². The maximum absolute atomic E-state index is 11.8. The maximum Gasteiger partial charge on any atom is 0.311 e. The number of hydrogen-bond acceptors (Lipinski definition) is 4. The minimum Gasteiger partial charge on any atom is -0.502 e. The number of nitro groups is 1. The van der Waals surface area contributed by atoms with Gasteiger partial charge in [-0.1, -0.05) is 24.3 Å². The average molecular weight is 341 g/mol. The molecule has 0 bridgehead atoms. The van der Waals surface area contributed by atoms with Gasteiger partial charge in [0.25, 0.3) is 0 Å². The van der Waals surface area contributed by atoms with Crippen LogP contribution in [-0.4, -0.2) is 21.1 Å². The molecule has 2 aromatic rings. The number of aryl methyl sites for hydroxylation is 2. The van der Waals surface area contributed by atoms with Crippen LogP contribution in [-0.2, 0) is 24.1 Å². The summed E-state index contributed by atoms with van der Waals surface area (Å²) >= 11 is 0. The van der Waals surface area contributed by atoms with Gasteiger partial charge >= 0.3 is 11.7 Å². The number of nitro benzene ring substituents is 1. The van der Waals surface area contributed by atoms with Gasteiger partial charge in [-0.2, -0.15) is 0 Å². The second kappa shape index (κ2) is 6.93. The Morgan fingerprint density at radius 1 is 1.12 bits per heavy atom. The third-order valence-electron chi connectivity index (χ3n) is 4.75. The molecule has 0 fully saturated rings. The molecule has 25 heavy (non-hydrogen) atoms. The summed E-state index contributed by atoms with van der Waals surface area (Å²) in [6.07, 6.45) is 4.39. The van der Waals surface area contributed by atoms with Gasteiger partial charge in [0.1, 0.15) is 0 Å². The number of carbonyl (C=O) groups is 1. The first-order chi connectivity index (χ1) is 12.0. The van der Waals surface area contributed by atoms with E-state index in [2.05, 4.69) is 0 Å². The highest BCUT2D eigenvalue weighted by atomic mass is 16.6. The molecular formula is C19H19NO5. The number of aromatic hydroxyl groups is 1. The van der Waals surface area contributed by atoms with Crippen molar-refractivity contribution in [3.63, 3.8) is 0 Å². The molecule has 0 spiro atoms. The van der Waals surface area contributed by atoms with Gasteiger partial charge < -0.3 is 10.2 Å². The van der Waals surface area contributed by atoms with E-state index in [-0.39, 0.29) is 6.42 Å². The van der Waals surface area contributed by atoms with Crippen molar-refractivity contribution < 1.29 is 19.9 Å². The van der Waals surface area contributed by atoms with Crippen LogP contribution < -0.4 is 0 Å². The molecule has 0 radical (unpaired) electrons. The summed E-state index contributed by atoms with van der Waals surface area (Å²) in [5.41, 5.74) is 3.29. The van der Waals surface area contributed by atoms with E-state index in [1.807, 2.05) is 18.2 Å². The Bertz CT molecular complexity index is 831. The van der Waals surface area contributed by atoms with E-state index in [0.29, 0.717) is 11.1 Å². The molecule has 0 heterocycles. The summed E-state index contributed by atoms with van der Waals surface area (Å²) in [6, 6.07) is 9.80. The molecule has 0 saturated carbocycles. The van der Waals surface area contributed by atoms with Crippen LogP contribution >= 0.6 is 0 Å². The van der Waals surface area contributed by atoms with Crippen molar-refractivity contribution >= 4 is 11.7 Å². The molecule has 2 N–H and O–H groups in total. The predicted octanol–water partition coefficient (Wildman–Crippen LogP) is 3.59. The first-order valence-corrected chi connectivity index (χ1v) is 8.26. The Balaban J connectivity index is 1.91. The van der Waals surface area contributed by atoms with Crippen molar-refractivity contribution in [3.8, 4) is 5.75 Å². The van der Waals surface area contributed by atoms with Gasteiger partial charge in [-0.25, -0.2) is 0 Å². The van der Waals surface area contributed by atoms with E-state index in [1.54, 1.807) is 0 Å². The van der Waals surface area contributed by atoms with Crippen LogP contribution in [0.1, 0.15) is 41.0 Å². The van der Waals surface area contributed by atoms with Gasteiger partial charge in [0.15, 0.2) is 5.75 Å². The normalized spacial score (nSPS) is 14.6. The van der Waals surface area contributed by atoms with Crippen molar-refractivity contribution in [3.05, 3.63) is 68.8 Å². The standard InChI is InChI=1S/C19H19NO5/c21-18-8-5-12(10-17(18)20(24)25)9-16(19(22)23)15-7-6-13-3-1-2-4-14(13)11-15/h5-8,10-11,16,21H,1-4,9H2,(H,22,23). The van der Waals surface area contributed by atoms with E-state index < -0.39 is 28.2 Å². The van der Waals surface area contributed by atoms with Crippen molar-refractivity contribution in [2.24, 2.45) is 0 Å². The zero-order valence-corrected chi connectivity index (χ0v) is 13.6. The lowest BCUT2D eigenvalue weighted by Gasteiger charge is -2.19. The molecule has 130 valence electrons. The van der Waals surface area contributed by atoms with Crippen molar-refractivity contribution in [2.45, 2.75) is 38.0 Å². The summed E-state index contributed by atoms with van der Waals surface area (Å²) in [5.74, 6) is -2.17. The number of phenolic OH excluding ortho intramolecular Hbond substituents is 1. The zero-order chi connectivity index (χ0) is 18.0. The first-order valence-electron chi connectivity index (χ1n) is 8.26. The number of fused-ring (bicyclic) bond motifs is 1. The summed E-state index contributed by atoms with van der Waals surface area (Å²) < 4.78 is 0.